The van der Waals surface area contributed by atoms with Crippen LogP contribution in [0.15, 0.2) is 40.9 Å². The summed E-state index contributed by atoms with van der Waals surface area (Å²) in [7, 11) is 1.52. The number of benzene rings is 2. The van der Waals surface area contributed by atoms with Crippen LogP contribution in [0.1, 0.15) is 24.2 Å². The van der Waals surface area contributed by atoms with Crippen molar-refractivity contribution in [3.05, 3.63) is 52.0 Å². The van der Waals surface area contributed by atoms with E-state index in [2.05, 4.69) is 22.0 Å². The van der Waals surface area contributed by atoms with Crippen LogP contribution in [0.25, 0.3) is 0 Å². The number of halogens is 1. The van der Waals surface area contributed by atoms with Gasteiger partial charge in [0, 0.05) is 10.5 Å². The second-order valence-electron chi connectivity index (χ2n) is 4.44. The highest BCUT2D eigenvalue weighted by atomic mass is 79.9. The smallest absolute Gasteiger partial charge is 0.169 e. The molecule has 0 unspecified atom stereocenters. The lowest BCUT2D eigenvalue weighted by atomic mass is 10.1. The normalized spacial score (nSPS) is 11.6. The van der Waals surface area contributed by atoms with Gasteiger partial charge in [0.2, 0.25) is 0 Å². The Balaban J connectivity index is 2.30. The first-order valence-corrected chi connectivity index (χ1v) is 7.08. The number of ether oxygens (including phenoxy) is 2. The summed E-state index contributed by atoms with van der Waals surface area (Å²) in [6.45, 7) is 1.70. The van der Waals surface area contributed by atoms with Gasteiger partial charge in [0.1, 0.15) is 5.75 Å². The van der Waals surface area contributed by atoms with E-state index in [1.54, 1.807) is 43.3 Å². The lowest BCUT2D eigenvalue weighted by molar-refractivity contribution is 0.198. The molecule has 0 spiro atoms. The van der Waals surface area contributed by atoms with Crippen molar-refractivity contribution in [1.29, 1.82) is 5.26 Å². The third kappa shape index (κ3) is 3.54. The molecule has 0 aromatic heterocycles. The van der Waals surface area contributed by atoms with E-state index in [0.717, 1.165) is 10.0 Å². The molecule has 1 atom stereocenters. The zero-order valence-electron chi connectivity index (χ0n) is 11.6. The predicted molar refractivity (Wildman–Crippen MR) is 82.6 cm³/mol. The fourth-order valence-corrected chi connectivity index (χ4v) is 2.55. The second kappa shape index (κ2) is 6.61. The molecule has 0 aliphatic heterocycles. The van der Waals surface area contributed by atoms with Crippen LogP contribution in [0.2, 0.25) is 0 Å². The van der Waals surface area contributed by atoms with Crippen molar-refractivity contribution in [2.75, 3.05) is 7.11 Å². The van der Waals surface area contributed by atoms with Gasteiger partial charge in [-0.15, -0.1) is 0 Å². The summed E-state index contributed by atoms with van der Waals surface area (Å²) in [6, 6.07) is 12.4. The van der Waals surface area contributed by atoms with E-state index in [-0.39, 0.29) is 0 Å². The van der Waals surface area contributed by atoms with Gasteiger partial charge < -0.3 is 14.6 Å². The fourth-order valence-electron chi connectivity index (χ4n) is 1.86. The van der Waals surface area contributed by atoms with Crippen molar-refractivity contribution in [3.63, 3.8) is 0 Å². The first kappa shape index (κ1) is 15.4. The van der Waals surface area contributed by atoms with E-state index in [9.17, 15) is 5.11 Å². The standard InChI is InChI=1S/C16H14BrNO3/c1-10(19)13-5-4-12(8-14(13)17)21-15-6-3-11(9-18)7-16(15)20-2/h3-8,10,19H,1-2H3/t10-/m1/s1. The highest BCUT2D eigenvalue weighted by Gasteiger charge is 2.10. The third-order valence-electron chi connectivity index (χ3n) is 2.94. The highest BCUT2D eigenvalue weighted by molar-refractivity contribution is 9.10. The van der Waals surface area contributed by atoms with Crippen LogP contribution >= 0.6 is 15.9 Å². The van der Waals surface area contributed by atoms with Crippen molar-refractivity contribution < 1.29 is 14.6 Å². The zero-order chi connectivity index (χ0) is 15.4. The lowest BCUT2D eigenvalue weighted by Crippen LogP contribution is -1.94. The van der Waals surface area contributed by atoms with E-state index in [1.165, 1.54) is 7.11 Å². The van der Waals surface area contributed by atoms with Crippen molar-refractivity contribution in [2.45, 2.75) is 13.0 Å². The molecule has 0 fully saturated rings. The number of nitrogens with zero attached hydrogens (tertiary/aromatic N) is 1. The number of aliphatic hydroxyl groups excluding tert-OH is 1. The average molecular weight is 348 g/mol. The largest absolute Gasteiger partial charge is 0.493 e. The first-order chi connectivity index (χ1) is 10.0. The fraction of sp³-hybridized carbons (Fsp3) is 0.188. The van der Waals surface area contributed by atoms with E-state index in [1.807, 2.05) is 0 Å². The van der Waals surface area contributed by atoms with E-state index < -0.39 is 6.10 Å². The summed E-state index contributed by atoms with van der Waals surface area (Å²) >= 11 is 3.41. The SMILES string of the molecule is COc1cc(C#N)ccc1Oc1ccc([C@@H](C)O)c(Br)c1. The molecule has 0 amide bonds. The van der Waals surface area contributed by atoms with Crippen molar-refractivity contribution in [2.24, 2.45) is 0 Å². The number of nitriles is 1. The summed E-state index contributed by atoms with van der Waals surface area (Å²) in [5, 5.41) is 18.5. The van der Waals surface area contributed by atoms with Crippen LogP contribution in [0.5, 0.6) is 17.2 Å². The molecule has 5 heteroatoms. The molecule has 0 aliphatic rings. The summed E-state index contributed by atoms with van der Waals surface area (Å²) in [5.41, 5.74) is 1.29. The predicted octanol–water partition coefficient (Wildman–Crippen LogP) is 4.17. The quantitative estimate of drug-likeness (QED) is 0.901. The van der Waals surface area contributed by atoms with Gasteiger partial charge in [0.15, 0.2) is 11.5 Å². The molecule has 0 radical (unpaired) electrons. The van der Waals surface area contributed by atoms with E-state index >= 15 is 0 Å². The summed E-state index contributed by atoms with van der Waals surface area (Å²) in [5.74, 6) is 1.62. The van der Waals surface area contributed by atoms with Crippen LogP contribution in [-0.2, 0) is 0 Å². The monoisotopic (exact) mass is 347 g/mol. The molecule has 0 aliphatic carbocycles. The van der Waals surface area contributed by atoms with Crippen molar-refractivity contribution >= 4 is 15.9 Å². The molecule has 21 heavy (non-hydrogen) atoms. The van der Waals surface area contributed by atoms with Crippen molar-refractivity contribution in [3.8, 4) is 23.3 Å². The maximum Gasteiger partial charge on any atom is 0.169 e. The molecular formula is C16H14BrNO3. The zero-order valence-corrected chi connectivity index (χ0v) is 13.2. The minimum atomic E-state index is -0.558. The number of hydrogen-bond donors (Lipinski definition) is 1. The summed E-state index contributed by atoms with van der Waals surface area (Å²) < 4.78 is 11.8. The third-order valence-corrected chi connectivity index (χ3v) is 3.63. The Labute approximate surface area is 131 Å². The summed E-state index contributed by atoms with van der Waals surface area (Å²) in [4.78, 5) is 0. The van der Waals surface area contributed by atoms with Crippen LogP contribution in [-0.4, -0.2) is 12.2 Å². The van der Waals surface area contributed by atoms with Gasteiger partial charge in [0.05, 0.1) is 24.8 Å². The Morgan fingerprint density at radius 3 is 2.52 bits per heavy atom. The Morgan fingerprint density at radius 2 is 1.95 bits per heavy atom. The van der Waals surface area contributed by atoms with Gasteiger partial charge in [-0.25, -0.2) is 0 Å². The van der Waals surface area contributed by atoms with Crippen LogP contribution in [0.4, 0.5) is 0 Å². The topological polar surface area (TPSA) is 62.5 Å². The molecular weight excluding hydrogens is 334 g/mol. The number of rotatable bonds is 4. The lowest BCUT2D eigenvalue weighted by Gasteiger charge is -2.13. The van der Waals surface area contributed by atoms with Gasteiger partial charge in [-0.2, -0.15) is 5.26 Å². The van der Waals surface area contributed by atoms with Gasteiger partial charge in [-0.05, 0) is 36.8 Å². The summed E-state index contributed by atoms with van der Waals surface area (Å²) in [6.07, 6.45) is -0.558. The minimum absolute atomic E-state index is 0.491. The van der Waals surface area contributed by atoms with Crippen LogP contribution < -0.4 is 9.47 Å². The van der Waals surface area contributed by atoms with Gasteiger partial charge in [0.25, 0.3) is 0 Å². The Morgan fingerprint density at radius 1 is 1.19 bits per heavy atom. The molecule has 0 bridgehead atoms. The Bertz CT molecular complexity index is 692. The molecule has 1 N–H and O–H groups in total. The van der Waals surface area contributed by atoms with Crippen molar-refractivity contribution in [1.82, 2.24) is 0 Å². The highest BCUT2D eigenvalue weighted by Crippen LogP contribution is 2.34. The van der Waals surface area contributed by atoms with Crippen LogP contribution in [0, 0.1) is 11.3 Å². The first-order valence-electron chi connectivity index (χ1n) is 6.28. The number of methoxy groups -OCH3 is 1. The second-order valence-corrected chi connectivity index (χ2v) is 5.29. The molecule has 2 rings (SSSR count). The van der Waals surface area contributed by atoms with Gasteiger partial charge in [-0.3, -0.25) is 0 Å². The number of hydrogen-bond acceptors (Lipinski definition) is 4. The van der Waals surface area contributed by atoms with E-state index in [4.69, 9.17) is 14.7 Å². The van der Waals surface area contributed by atoms with Gasteiger partial charge in [-0.1, -0.05) is 22.0 Å². The molecule has 0 saturated carbocycles. The molecule has 2 aromatic rings. The maximum absolute atomic E-state index is 9.60. The van der Waals surface area contributed by atoms with Gasteiger partial charge >= 0.3 is 0 Å². The molecule has 2 aromatic carbocycles. The molecule has 0 heterocycles. The molecule has 0 saturated heterocycles. The minimum Gasteiger partial charge on any atom is -0.493 e. The average Bonchev–Trinajstić information content (AvgIpc) is 2.47. The maximum atomic E-state index is 9.60. The Hall–Kier alpha value is -2.03. The van der Waals surface area contributed by atoms with E-state index in [0.29, 0.717) is 22.8 Å². The number of aliphatic hydroxyl groups is 1. The van der Waals surface area contributed by atoms with Crippen LogP contribution in [0.3, 0.4) is 0 Å². The molecule has 108 valence electrons. The Kier molecular flexibility index (Phi) is 4.84. The molecule has 4 nitrogen and oxygen atoms in total.